The summed E-state index contributed by atoms with van der Waals surface area (Å²) in [4.78, 5) is 11.7. The Balaban J connectivity index is 2.04. The van der Waals surface area contributed by atoms with E-state index in [1.54, 1.807) is 30.1 Å². The molecule has 0 spiro atoms. The SMILES string of the molecule is C[C@@H](Cn1cccn1)OC(=O)c1cc(F)c(F)c(F)c1. The molecular formula is C13H11F3N2O2. The minimum Gasteiger partial charge on any atom is -0.457 e. The van der Waals surface area contributed by atoms with Crippen molar-refractivity contribution in [2.75, 3.05) is 0 Å². The summed E-state index contributed by atoms with van der Waals surface area (Å²) in [6.07, 6.45) is 2.69. The zero-order valence-corrected chi connectivity index (χ0v) is 10.5. The van der Waals surface area contributed by atoms with Crippen molar-refractivity contribution in [3.8, 4) is 0 Å². The Bertz CT molecular complexity index is 591. The van der Waals surface area contributed by atoms with Gasteiger partial charge >= 0.3 is 5.97 Å². The van der Waals surface area contributed by atoms with E-state index in [1.165, 1.54) is 0 Å². The maximum atomic E-state index is 13.0. The summed E-state index contributed by atoms with van der Waals surface area (Å²) >= 11 is 0. The number of halogens is 3. The van der Waals surface area contributed by atoms with Crippen LogP contribution < -0.4 is 0 Å². The van der Waals surface area contributed by atoms with Gasteiger partial charge < -0.3 is 4.74 Å². The number of aromatic nitrogens is 2. The molecule has 1 aromatic heterocycles. The van der Waals surface area contributed by atoms with Gasteiger partial charge in [-0.15, -0.1) is 0 Å². The van der Waals surface area contributed by atoms with Crippen LogP contribution in [0.2, 0.25) is 0 Å². The molecular weight excluding hydrogens is 273 g/mol. The van der Waals surface area contributed by atoms with Gasteiger partial charge in [-0.25, -0.2) is 18.0 Å². The topological polar surface area (TPSA) is 44.1 Å². The number of benzene rings is 1. The summed E-state index contributed by atoms with van der Waals surface area (Å²) in [5.74, 6) is -5.41. The van der Waals surface area contributed by atoms with Gasteiger partial charge in [-0.3, -0.25) is 4.68 Å². The lowest BCUT2D eigenvalue weighted by atomic mass is 10.2. The number of rotatable bonds is 4. The van der Waals surface area contributed by atoms with E-state index in [1.807, 2.05) is 0 Å². The molecule has 2 rings (SSSR count). The molecule has 0 fully saturated rings. The predicted octanol–water partition coefficient (Wildman–Crippen LogP) is 2.55. The lowest BCUT2D eigenvalue weighted by molar-refractivity contribution is 0.0297. The standard InChI is InChI=1S/C13H11F3N2O2/c1-8(7-18-4-2-3-17-18)20-13(19)9-5-10(14)12(16)11(15)6-9/h2-6,8H,7H2,1H3/t8-/m0/s1. The third kappa shape index (κ3) is 3.17. The average molecular weight is 284 g/mol. The smallest absolute Gasteiger partial charge is 0.338 e. The van der Waals surface area contributed by atoms with Gasteiger partial charge in [0.25, 0.3) is 0 Å². The van der Waals surface area contributed by atoms with E-state index in [0.29, 0.717) is 18.7 Å². The van der Waals surface area contributed by atoms with E-state index in [-0.39, 0.29) is 5.56 Å². The highest BCUT2D eigenvalue weighted by Gasteiger charge is 2.18. The summed E-state index contributed by atoms with van der Waals surface area (Å²) in [6.45, 7) is 1.90. The summed E-state index contributed by atoms with van der Waals surface area (Å²) in [5, 5.41) is 3.93. The first-order chi connectivity index (χ1) is 9.47. The summed E-state index contributed by atoms with van der Waals surface area (Å²) < 4.78 is 45.3. The highest BCUT2D eigenvalue weighted by molar-refractivity contribution is 5.89. The van der Waals surface area contributed by atoms with Crippen LogP contribution in [0, 0.1) is 17.5 Å². The third-order valence-corrected chi connectivity index (χ3v) is 2.53. The second-order valence-corrected chi connectivity index (χ2v) is 4.20. The van der Waals surface area contributed by atoms with E-state index in [0.717, 1.165) is 0 Å². The number of ether oxygens (including phenoxy) is 1. The van der Waals surface area contributed by atoms with Gasteiger partial charge in [0, 0.05) is 12.4 Å². The Morgan fingerprint density at radius 2 is 2.00 bits per heavy atom. The Labute approximate surface area is 112 Å². The van der Waals surface area contributed by atoms with Gasteiger partial charge in [0.1, 0.15) is 6.10 Å². The van der Waals surface area contributed by atoms with Crippen LogP contribution in [0.1, 0.15) is 17.3 Å². The first kappa shape index (κ1) is 14.1. The lowest BCUT2D eigenvalue weighted by Gasteiger charge is -2.13. The van der Waals surface area contributed by atoms with Crippen LogP contribution in [0.3, 0.4) is 0 Å². The normalized spacial score (nSPS) is 12.2. The molecule has 0 saturated heterocycles. The molecule has 0 radical (unpaired) electrons. The molecule has 0 bridgehead atoms. The highest BCUT2D eigenvalue weighted by atomic mass is 19.2. The van der Waals surface area contributed by atoms with Crippen molar-refractivity contribution in [2.45, 2.75) is 19.6 Å². The van der Waals surface area contributed by atoms with Crippen LogP contribution in [0.25, 0.3) is 0 Å². The largest absolute Gasteiger partial charge is 0.457 e. The Kier molecular flexibility index (Phi) is 4.07. The van der Waals surface area contributed by atoms with Crippen LogP contribution >= 0.6 is 0 Å². The van der Waals surface area contributed by atoms with E-state index in [4.69, 9.17) is 4.74 Å². The Morgan fingerprint density at radius 1 is 1.35 bits per heavy atom. The van der Waals surface area contributed by atoms with Gasteiger partial charge in [0.05, 0.1) is 12.1 Å². The lowest BCUT2D eigenvalue weighted by Crippen LogP contribution is -2.21. The zero-order chi connectivity index (χ0) is 14.7. The first-order valence-corrected chi connectivity index (χ1v) is 5.80. The van der Waals surface area contributed by atoms with Crippen LogP contribution in [0.15, 0.2) is 30.6 Å². The maximum absolute atomic E-state index is 13.0. The molecule has 0 unspecified atom stereocenters. The summed E-state index contributed by atoms with van der Waals surface area (Å²) in [6, 6.07) is 2.90. The number of carbonyl (C=O) groups is 1. The molecule has 0 amide bonds. The van der Waals surface area contributed by atoms with Crippen molar-refractivity contribution < 1.29 is 22.7 Å². The summed E-state index contributed by atoms with van der Waals surface area (Å²) in [7, 11) is 0. The third-order valence-electron chi connectivity index (χ3n) is 2.53. The van der Waals surface area contributed by atoms with Crippen molar-refractivity contribution >= 4 is 5.97 Å². The fourth-order valence-electron chi connectivity index (χ4n) is 1.63. The monoisotopic (exact) mass is 284 g/mol. The molecule has 20 heavy (non-hydrogen) atoms. The highest BCUT2D eigenvalue weighted by Crippen LogP contribution is 2.15. The number of carbonyl (C=O) groups excluding carboxylic acids is 1. The fourth-order valence-corrected chi connectivity index (χ4v) is 1.63. The number of nitrogens with zero attached hydrogens (tertiary/aromatic N) is 2. The molecule has 0 aliphatic rings. The number of esters is 1. The molecule has 2 aromatic rings. The molecule has 7 heteroatoms. The Morgan fingerprint density at radius 3 is 2.55 bits per heavy atom. The van der Waals surface area contributed by atoms with E-state index in [9.17, 15) is 18.0 Å². The van der Waals surface area contributed by atoms with Crippen LogP contribution in [0.5, 0.6) is 0 Å². The second-order valence-electron chi connectivity index (χ2n) is 4.20. The quantitative estimate of drug-likeness (QED) is 0.640. The van der Waals surface area contributed by atoms with Crippen LogP contribution in [-0.4, -0.2) is 21.9 Å². The molecule has 0 N–H and O–H groups in total. The van der Waals surface area contributed by atoms with Crippen molar-refractivity contribution in [3.05, 3.63) is 53.6 Å². The van der Waals surface area contributed by atoms with E-state index < -0.39 is 29.5 Å². The molecule has 106 valence electrons. The van der Waals surface area contributed by atoms with E-state index >= 15 is 0 Å². The molecule has 4 nitrogen and oxygen atoms in total. The van der Waals surface area contributed by atoms with Crippen molar-refractivity contribution in [1.82, 2.24) is 9.78 Å². The van der Waals surface area contributed by atoms with Gasteiger partial charge in [-0.1, -0.05) is 0 Å². The van der Waals surface area contributed by atoms with Gasteiger partial charge in [0.2, 0.25) is 0 Å². The van der Waals surface area contributed by atoms with Crippen molar-refractivity contribution in [3.63, 3.8) is 0 Å². The number of hydrogen-bond donors (Lipinski definition) is 0. The minimum absolute atomic E-state index is 0.297. The maximum Gasteiger partial charge on any atom is 0.338 e. The number of hydrogen-bond acceptors (Lipinski definition) is 3. The average Bonchev–Trinajstić information content (AvgIpc) is 2.87. The van der Waals surface area contributed by atoms with E-state index in [2.05, 4.69) is 5.10 Å². The molecule has 0 saturated carbocycles. The molecule has 0 aliphatic carbocycles. The van der Waals surface area contributed by atoms with Crippen LogP contribution in [0.4, 0.5) is 13.2 Å². The fraction of sp³-hybridized carbons (Fsp3) is 0.231. The van der Waals surface area contributed by atoms with Crippen LogP contribution in [-0.2, 0) is 11.3 Å². The predicted molar refractivity (Wildman–Crippen MR) is 63.4 cm³/mol. The van der Waals surface area contributed by atoms with Crippen molar-refractivity contribution in [2.24, 2.45) is 0 Å². The molecule has 0 aliphatic heterocycles. The van der Waals surface area contributed by atoms with Gasteiger partial charge in [-0.2, -0.15) is 5.10 Å². The molecule has 1 atom stereocenters. The zero-order valence-electron chi connectivity index (χ0n) is 10.5. The first-order valence-electron chi connectivity index (χ1n) is 5.80. The summed E-state index contributed by atoms with van der Waals surface area (Å²) in [5.41, 5.74) is -0.381. The van der Waals surface area contributed by atoms with Gasteiger partial charge in [0.15, 0.2) is 17.5 Å². The van der Waals surface area contributed by atoms with Gasteiger partial charge in [-0.05, 0) is 25.1 Å². The van der Waals surface area contributed by atoms with Crippen molar-refractivity contribution in [1.29, 1.82) is 0 Å². The minimum atomic E-state index is -1.62. The second kappa shape index (κ2) is 5.77. The molecule has 1 heterocycles. The Hall–Kier alpha value is -2.31. The molecule has 1 aromatic carbocycles.